The molecule has 2 heterocycles. The third-order valence-electron chi connectivity index (χ3n) is 5.30. The molecule has 0 saturated carbocycles. The summed E-state index contributed by atoms with van der Waals surface area (Å²) in [5, 5.41) is 0.336. The van der Waals surface area contributed by atoms with E-state index in [1.165, 1.54) is 26.0 Å². The molecule has 0 aliphatic heterocycles. The van der Waals surface area contributed by atoms with E-state index in [0.29, 0.717) is 20.3 Å². The predicted molar refractivity (Wildman–Crippen MR) is 115 cm³/mol. The summed E-state index contributed by atoms with van der Waals surface area (Å²) in [6.45, 7) is 4.51. The number of hydrogen-bond acceptors (Lipinski definition) is 2. The summed E-state index contributed by atoms with van der Waals surface area (Å²) in [5.74, 6) is -15.7. The number of halogens is 7. The van der Waals surface area contributed by atoms with Gasteiger partial charge in [-0.2, -0.15) is 26.3 Å². The van der Waals surface area contributed by atoms with Gasteiger partial charge in [0.15, 0.2) is 0 Å². The van der Waals surface area contributed by atoms with Crippen LogP contribution in [0.1, 0.15) is 25.8 Å². The van der Waals surface area contributed by atoms with Crippen LogP contribution in [-0.4, -0.2) is 17.8 Å². The van der Waals surface area contributed by atoms with Crippen LogP contribution < -0.4 is 0 Å². The second-order valence-corrected chi connectivity index (χ2v) is 10.5. The highest BCUT2D eigenvalue weighted by atomic mass is 35.5. The zero-order valence-electron chi connectivity index (χ0n) is 16.4. The molecule has 1 aliphatic carbocycles. The summed E-state index contributed by atoms with van der Waals surface area (Å²) >= 11 is 8.31. The third-order valence-corrected chi connectivity index (χ3v) is 7.68. The van der Waals surface area contributed by atoms with Crippen LogP contribution in [0.4, 0.5) is 26.3 Å². The Morgan fingerprint density at radius 3 is 1.74 bits per heavy atom. The Labute approximate surface area is 187 Å². The minimum atomic E-state index is -5.56. The molecule has 0 N–H and O–H groups in total. The fourth-order valence-corrected chi connectivity index (χ4v) is 6.13. The molecule has 164 valence electrons. The molecule has 2 aromatic heterocycles. The molecule has 1 aromatic carbocycles. The molecule has 0 radical (unpaired) electrons. The molecule has 0 spiro atoms. The lowest BCUT2D eigenvalue weighted by Gasteiger charge is -2.25. The van der Waals surface area contributed by atoms with Crippen molar-refractivity contribution in [1.82, 2.24) is 0 Å². The van der Waals surface area contributed by atoms with Gasteiger partial charge in [-0.05, 0) is 50.1 Å². The van der Waals surface area contributed by atoms with Gasteiger partial charge in [-0.15, -0.1) is 22.7 Å². The van der Waals surface area contributed by atoms with E-state index in [0.717, 1.165) is 22.7 Å². The van der Waals surface area contributed by atoms with E-state index in [4.69, 9.17) is 11.6 Å². The van der Waals surface area contributed by atoms with Crippen LogP contribution in [0.3, 0.4) is 0 Å². The Morgan fingerprint density at radius 2 is 1.23 bits per heavy atom. The summed E-state index contributed by atoms with van der Waals surface area (Å²) in [6, 6.07) is 9.12. The highest BCUT2D eigenvalue weighted by molar-refractivity contribution is 7.15. The predicted octanol–water partition coefficient (Wildman–Crippen LogP) is 8.89. The molecular weight excluding hydrogens is 478 g/mol. The quantitative estimate of drug-likeness (QED) is 0.320. The van der Waals surface area contributed by atoms with Crippen LogP contribution in [0.5, 0.6) is 0 Å². The van der Waals surface area contributed by atoms with E-state index in [1.807, 2.05) is 0 Å². The average Bonchev–Trinajstić information content (AvgIpc) is 3.22. The Balaban J connectivity index is 2.05. The van der Waals surface area contributed by atoms with Gasteiger partial charge < -0.3 is 0 Å². The number of thiophene rings is 2. The summed E-state index contributed by atoms with van der Waals surface area (Å²) in [7, 11) is 0. The Morgan fingerprint density at radius 1 is 0.710 bits per heavy atom. The fraction of sp³-hybridized carbons (Fsp3) is 0.273. The molecule has 0 amide bonds. The van der Waals surface area contributed by atoms with Crippen molar-refractivity contribution in [3.8, 4) is 10.4 Å². The average molecular weight is 493 g/mol. The fourth-order valence-electron chi connectivity index (χ4n) is 3.84. The topological polar surface area (TPSA) is 0 Å². The highest BCUT2D eigenvalue weighted by Crippen LogP contribution is 2.66. The van der Waals surface area contributed by atoms with Crippen molar-refractivity contribution in [2.45, 2.75) is 38.5 Å². The molecule has 0 nitrogen and oxygen atoms in total. The monoisotopic (exact) mass is 492 g/mol. The number of benzene rings is 1. The SMILES string of the molecule is Cc1cc(C2=C(c3cc(-c4ccccc4Cl)sc3C)C(F)(F)C(F)(F)C2(F)F)c(C)s1. The molecular formula is C22H15ClF6S2. The Kier molecular flexibility index (Phi) is 5.15. The largest absolute Gasteiger partial charge is 0.380 e. The van der Waals surface area contributed by atoms with E-state index >= 15 is 8.78 Å². The van der Waals surface area contributed by atoms with Crippen molar-refractivity contribution in [1.29, 1.82) is 0 Å². The lowest BCUT2D eigenvalue weighted by atomic mass is 9.95. The van der Waals surface area contributed by atoms with Crippen LogP contribution in [0.25, 0.3) is 21.6 Å². The molecule has 0 saturated heterocycles. The number of rotatable bonds is 3. The van der Waals surface area contributed by atoms with Gasteiger partial charge in [0.2, 0.25) is 0 Å². The van der Waals surface area contributed by atoms with E-state index in [-0.39, 0.29) is 20.9 Å². The van der Waals surface area contributed by atoms with Crippen LogP contribution in [0.15, 0.2) is 36.4 Å². The molecule has 0 bridgehead atoms. The molecule has 0 unspecified atom stereocenters. The first kappa shape index (κ1) is 22.4. The minimum absolute atomic E-state index is 0.222. The van der Waals surface area contributed by atoms with Crippen LogP contribution in [0.2, 0.25) is 5.02 Å². The van der Waals surface area contributed by atoms with E-state index < -0.39 is 28.9 Å². The van der Waals surface area contributed by atoms with E-state index in [9.17, 15) is 17.6 Å². The normalized spacial score (nSPS) is 19.3. The number of allylic oxidation sites excluding steroid dienone is 2. The van der Waals surface area contributed by atoms with Crippen LogP contribution in [0, 0.1) is 20.8 Å². The number of aryl methyl sites for hydroxylation is 3. The first-order valence-electron chi connectivity index (χ1n) is 9.12. The van der Waals surface area contributed by atoms with Gasteiger partial charge in [-0.1, -0.05) is 29.8 Å². The summed E-state index contributed by atoms with van der Waals surface area (Å²) in [5.41, 5.74) is -2.72. The van der Waals surface area contributed by atoms with Gasteiger partial charge in [0.1, 0.15) is 0 Å². The van der Waals surface area contributed by atoms with Crippen molar-refractivity contribution in [3.63, 3.8) is 0 Å². The molecule has 0 fully saturated rings. The van der Waals surface area contributed by atoms with Gasteiger partial charge in [0.25, 0.3) is 0 Å². The summed E-state index contributed by atoms with van der Waals surface area (Å²) in [6.07, 6.45) is 0. The first-order chi connectivity index (χ1) is 14.3. The molecule has 3 aromatic rings. The standard InChI is InChI=1S/C22H15ClF6S2/c1-10-8-14(11(2)30-10)18-19(21(26,27)22(28,29)20(18,24)25)15-9-17(31-12(15)3)13-6-4-5-7-16(13)23/h4-9H,1-3H3. The van der Waals surface area contributed by atoms with Crippen molar-refractivity contribution >= 4 is 45.4 Å². The second kappa shape index (κ2) is 7.12. The van der Waals surface area contributed by atoms with Crippen LogP contribution >= 0.6 is 34.3 Å². The molecule has 9 heteroatoms. The third kappa shape index (κ3) is 3.09. The van der Waals surface area contributed by atoms with Gasteiger partial charge in [-0.3, -0.25) is 0 Å². The van der Waals surface area contributed by atoms with Gasteiger partial charge >= 0.3 is 17.8 Å². The molecule has 4 rings (SSSR count). The second-order valence-electron chi connectivity index (χ2n) is 7.36. The van der Waals surface area contributed by atoms with Gasteiger partial charge in [0, 0.05) is 41.2 Å². The van der Waals surface area contributed by atoms with Crippen LogP contribution in [-0.2, 0) is 0 Å². The van der Waals surface area contributed by atoms with Crippen molar-refractivity contribution < 1.29 is 26.3 Å². The van der Waals surface area contributed by atoms with Gasteiger partial charge in [-0.25, -0.2) is 0 Å². The number of hydrogen-bond donors (Lipinski definition) is 0. The van der Waals surface area contributed by atoms with E-state index in [1.54, 1.807) is 31.2 Å². The minimum Gasteiger partial charge on any atom is -0.194 e. The zero-order valence-corrected chi connectivity index (χ0v) is 18.8. The maximum Gasteiger partial charge on any atom is 0.380 e. The van der Waals surface area contributed by atoms with E-state index in [2.05, 4.69) is 0 Å². The summed E-state index contributed by atoms with van der Waals surface area (Å²) in [4.78, 5) is 1.49. The van der Waals surface area contributed by atoms with Gasteiger partial charge in [0.05, 0.1) is 0 Å². The van der Waals surface area contributed by atoms with Crippen molar-refractivity contribution in [2.24, 2.45) is 0 Å². The maximum atomic E-state index is 15.0. The summed E-state index contributed by atoms with van der Waals surface area (Å²) < 4.78 is 88.8. The lowest BCUT2D eigenvalue weighted by molar-refractivity contribution is -0.254. The molecule has 0 atom stereocenters. The molecule has 1 aliphatic rings. The van der Waals surface area contributed by atoms with Crippen molar-refractivity contribution in [2.75, 3.05) is 0 Å². The Hall–Kier alpha value is -1.77. The first-order valence-corrected chi connectivity index (χ1v) is 11.1. The lowest BCUT2D eigenvalue weighted by Crippen LogP contribution is -2.48. The Bertz CT molecular complexity index is 1220. The smallest absolute Gasteiger partial charge is 0.194 e. The zero-order chi connectivity index (χ0) is 22.9. The number of alkyl halides is 6. The maximum absolute atomic E-state index is 15.0. The highest BCUT2D eigenvalue weighted by Gasteiger charge is 2.80. The molecule has 31 heavy (non-hydrogen) atoms. The van der Waals surface area contributed by atoms with Crippen molar-refractivity contribution in [3.05, 3.63) is 67.2 Å².